The van der Waals surface area contributed by atoms with Gasteiger partial charge in [-0.1, -0.05) is 0 Å². The molecule has 0 saturated carbocycles. The van der Waals surface area contributed by atoms with Gasteiger partial charge >= 0.3 is 6.18 Å². The highest BCUT2D eigenvalue weighted by Crippen LogP contribution is 2.38. The molecule has 2 heterocycles. The molecule has 0 aromatic rings. The number of unbranched alkanes of at least 4 members (excludes halogenated alkanes) is 1. The summed E-state index contributed by atoms with van der Waals surface area (Å²) in [5.74, 6) is 2.23. The van der Waals surface area contributed by atoms with E-state index in [1.165, 1.54) is 0 Å². The van der Waals surface area contributed by atoms with E-state index in [2.05, 4.69) is 5.32 Å². The van der Waals surface area contributed by atoms with Gasteiger partial charge in [-0.2, -0.15) is 24.9 Å². The molecule has 2 rings (SSSR count). The molecule has 112 valence electrons. The summed E-state index contributed by atoms with van der Waals surface area (Å²) < 4.78 is 41.9. The predicted octanol–water partition coefficient (Wildman–Crippen LogP) is 3.36. The van der Waals surface area contributed by atoms with Gasteiger partial charge in [-0.05, 0) is 44.4 Å². The Morgan fingerprint density at radius 1 is 1.32 bits per heavy atom. The Morgan fingerprint density at radius 3 is 2.84 bits per heavy atom. The largest absolute Gasteiger partial charge is 0.389 e. The Morgan fingerprint density at radius 2 is 2.16 bits per heavy atom. The minimum absolute atomic E-state index is 0.0482. The summed E-state index contributed by atoms with van der Waals surface area (Å²) in [5, 5.41) is 3.40. The second kappa shape index (κ2) is 6.68. The molecule has 0 aromatic carbocycles. The number of thioether (sulfide) groups is 1. The predicted molar refractivity (Wildman–Crippen MR) is 71.6 cm³/mol. The molecule has 0 aromatic heterocycles. The number of alkyl halides is 3. The highest BCUT2D eigenvalue weighted by molar-refractivity contribution is 7.99. The molecule has 6 heteroatoms. The quantitative estimate of drug-likeness (QED) is 0.786. The van der Waals surface area contributed by atoms with Gasteiger partial charge in [0.05, 0.1) is 5.60 Å². The third kappa shape index (κ3) is 5.16. The van der Waals surface area contributed by atoms with Gasteiger partial charge in [0.25, 0.3) is 0 Å². The molecular formula is C13H22F3NOS. The molecule has 2 aliphatic rings. The Labute approximate surface area is 116 Å². The fraction of sp³-hybridized carbons (Fsp3) is 1.00. The third-order valence-electron chi connectivity index (χ3n) is 3.88. The van der Waals surface area contributed by atoms with E-state index in [1.54, 1.807) is 0 Å². The molecule has 2 unspecified atom stereocenters. The second-order valence-corrected chi connectivity index (χ2v) is 6.66. The van der Waals surface area contributed by atoms with Crippen LogP contribution in [0.15, 0.2) is 0 Å². The van der Waals surface area contributed by atoms with Crippen molar-refractivity contribution < 1.29 is 17.9 Å². The molecule has 2 atom stereocenters. The van der Waals surface area contributed by atoms with Crippen LogP contribution in [0.5, 0.6) is 0 Å². The maximum absolute atomic E-state index is 12.0. The van der Waals surface area contributed by atoms with Crippen molar-refractivity contribution in [3.8, 4) is 0 Å². The van der Waals surface area contributed by atoms with Gasteiger partial charge in [-0.15, -0.1) is 0 Å². The molecule has 2 saturated heterocycles. The summed E-state index contributed by atoms with van der Waals surface area (Å²) in [6, 6.07) is 0.415. The fourth-order valence-corrected chi connectivity index (χ4v) is 4.20. The molecular weight excluding hydrogens is 275 g/mol. The molecule has 19 heavy (non-hydrogen) atoms. The lowest BCUT2D eigenvalue weighted by Crippen LogP contribution is -2.47. The van der Waals surface area contributed by atoms with Crippen LogP contribution in [0.4, 0.5) is 13.2 Å². The van der Waals surface area contributed by atoms with Gasteiger partial charge in [-0.25, -0.2) is 0 Å². The van der Waals surface area contributed by atoms with E-state index >= 15 is 0 Å². The Kier molecular flexibility index (Phi) is 5.43. The van der Waals surface area contributed by atoms with Crippen LogP contribution < -0.4 is 5.32 Å². The second-order valence-electron chi connectivity index (χ2n) is 5.55. The summed E-state index contributed by atoms with van der Waals surface area (Å²) in [5.41, 5.74) is 0.0482. The van der Waals surface area contributed by atoms with Crippen LogP contribution in [0, 0.1) is 0 Å². The molecule has 0 aliphatic carbocycles. The molecule has 2 fully saturated rings. The number of ether oxygens (including phenoxy) is 1. The minimum atomic E-state index is -4.01. The van der Waals surface area contributed by atoms with Crippen LogP contribution in [0.3, 0.4) is 0 Å². The summed E-state index contributed by atoms with van der Waals surface area (Å²) in [6.07, 6.45) is -0.749. The molecule has 0 bridgehead atoms. The van der Waals surface area contributed by atoms with Gasteiger partial charge in [0.15, 0.2) is 0 Å². The van der Waals surface area contributed by atoms with Crippen molar-refractivity contribution in [1.29, 1.82) is 0 Å². The van der Waals surface area contributed by atoms with E-state index in [1.807, 2.05) is 11.8 Å². The first-order valence-corrected chi connectivity index (χ1v) is 8.16. The lowest BCUT2D eigenvalue weighted by atomic mass is 9.90. The van der Waals surface area contributed by atoms with E-state index in [-0.39, 0.29) is 12.0 Å². The van der Waals surface area contributed by atoms with Gasteiger partial charge in [-0.3, -0.25) is 0 Å². The molecule has 0 radical (unpaired) electrons. The lowest BCUT2D eigenvalue weighted by Gasteiger charge is -2.38. The van der Waals surface area contributed by atoms with Crippen LogP contribution in [-0.4, -0.2) is 42.5 Å². The van der Waals surface area contributed by atoms with Crippen molar-refractivity contribution in [3.63, 3.8) is 0 Å². The normalized spacial score (nSPS) is 32.1. The first kappa shape index (κ1) is 15.4. The molecule has 1 spiro atoms. The van der Waals surface area contributed by atoms with E-state index in [0.717, 1.165) is 37.4 Å². The van der Waals surface area contributed by atoms with Crippen molar-refractivity contribution in [2.45, 2.75) is 56.3 Å². The maximum atomic E-state index is 12.0. The number of nitrogens with one attached hydrogen (secondary N) is 1. The highest BCUT2D eigenvalue weighted by Gasteiger charge is 2.40. The van der Waals surface area contributed by atoms with Crippen molar-refractivity contribution in [3.05, 3.63) is 0 Å². The summed E-state index contributed by atoms with van der Waals surface area (Å²) in [7, 11) is 0. The number of hydrogen-bond donors (Lipinski definition) is 1. The average Bonchev–Trinajstić information content (AvgIpc) is 2.75. The SMILES string of the molecule is FC(F)(F)CCCCNC1CCOC2(CCSC2)C1. The Hall–Kier alpha value is 0.0600. The summed E-state index contributed by atoms with van der Waals surface area (Å²) in [4.78, 5) is 0. The number of hydrogen-bond acceptors (Lipinski definition) is 3. The van der Waals surface area contributed by atoms with E-state index in [0.29, 0.717) is 19.0 Å². The molecule has 0 amide bonds. The van der Waals surface area contributed by atoms with Gasteiger partial charge < -0.3 is 10.1 Å². The maximum Gasteiger partial charge on any atom is 0.389 e. The van der Waals surface area contributed by atoms with Gasteiger partial charge in [0.2, 0.25) is 0 Å². The fourth-order valence-electron chi connectivity index (χ4n) is 2.82. The van der Waals surface area contributed by atoms with Crippen molar-refractivity contribution in [1.82, 2.24) is 5.32 Å². The van der Waals surface area contributed by atoms with Crippen LogP contribution in [0.1, 0.15) is 38.5 Å². The number of halogens is 3. The number of rotatable bonds is 5. The van der Waals surface area contributed by atoms with Gasteiger partial charge in [0.1, 0.15) is 0 Å². The molecule has 1 N–H and O–H groups in total. The monoisotopic (exact) mass is 297 g/mol. The summed E-state index contributed by atoms with van der Waals surface area (Å²) in [6.45, 7) is 1.46. The van der Waals surface area contributed by atoms with E-state index < -0.39 is 12.6 Å². The first-order valence-electron chi connectivity index (χ1n) is 7.01. The lowest BCUT2D eigenvalue weighted by molar-refractivity contribution is -0.135. The van der Waals surface area contributed by atoms with E-state index in [4.69, 9.17) is 4.74 Å². The minimum Gasteiger partial charge on any atom is -0.374 e. The van der Waals surface area contributed by atoms with Crippen LogP contribution in [0.2, 0.25) is 0 Å². The summed E-state index contributed by atoms with van der Waals surface area (Å²) >= 11 is 1.94. The standard InChI is InChI=1S/C13H22F3NOS/c14-13(15,16)4-1-2-6-17-11-3-7-18-12(9-11)5-8-19-10-12/h11,17H,1-10H2. The zero-order chi connectivity index (χ0) is 13.8. The smallest absolute Gasteiger partial charge is 0.374 e. The van der Waals surface area contributed by atoms with Crippen molar-refractivity contribution in [2.24, 2.45) is 0 Å². The molecule has 2 aliphatic heterocycles. The van der Waals surface area contributed by atoms with Crippen molar-refractivity contribution >= 4 is 11.8 Å². The third-order valence-corrected chi connectivity index (χ3v) is 5.10. The highest BCUT2D eigenvalue weighted by atomic mass is 32.2. The average molecular weight is 297 g/mol. The van der Waals surface area contributed by atoms with E-state index in [9.17, 15) is 13.2 Å². The van der Waals surface area contributed by atoms with Crippen molar-refractivity contribution in [2.75, 3.05) is 24.7 Å². The van der Waals surface area contributed by atoms with Crippen LogP contribution in [-0.2, 0) is 4.74 Å². The molecule has 2 nitrogen and oxygen atoms in total. The van der Waals surface area contributed by atoms with Crippen LogP contribution >= 0.6 is 11.8 Å². The Balaban J connectivity index is 1.61. The zero-order valence-corrected chi connectivity index (χ0v) is 11.9. The topological polar surface area (TPSA) is 21.3 Å². The Bertz CT molecular complexity index is 280. The first-order chi connectivity index (χ1) is 8.99. The zero-order valence-electron chi connectivity index (χ0n) is 11.1. The van der Waals surface area contributed by atoms with Gasteiger partial charge in [0, 0.05) is 24.8 Å². The van der Waals surface area contributed by atoms with Crippen LogP contribution in [0.25, 0.3) is 0 Å².